The lowest BCUT2D eigenvalue weighted by Gasteiger charge is -2.28. The summed E-state index contributed by atoms with van der Waals surface area (Å²) in [6, 6.07) is 6.10. The average molecular weight is 278 g/mol. The zero-order chi connectivity index (χ0) is 13.2. The van der Waals surface area contributed by atoms with Crippen LogP contribution in [0.3, 0.4) is 0 Å². The third kappa shape index (κ3) is 3.39. The van der Waals surface area contributed by atoms with Gasteiger partial charge in [0.15, 0.2) is 0 Å². The molecular weight excluding hydrogens is 252 g/mol. The molecule has 0 radical (unpaired) electrons. The Bertz CT molecular complexity index is 411. The van der Waals surface area contributed by atoms with Crippen LogP contribution in [0.1, 0.15) is 42.9 Å². The average Bonchev–Trinajstić information content (AvgIpc) is 3.17. The SMILES string of the molecule is CCc1ccc(CN2CC(C3CC3)NCCC2C)s1. The highest BCUT2D eigenvalue weighted by molar-refractivity contribution is 7.11. The molecule has 2 aliphatic rings. The van der Waals surface area contributed by atoms with E-state index in [0.29, 0.717) is 6.04 Å². The molecule has 1 N–H and O–H groups in total. The minimum Gasteiger partial charge on any atom is -0.312 e. The molecule has 0 amide bonds. The summed E-state index contributed by atoms with van der Waals surface area (Å²) >= 11 is 2.00. The first kappa shape index (κ1) is 13.6. The number of hydrogen-bond acceptors (Lipinski definition) is 3. The van der Waals surface area contributed by atoms with E-state index in [1.54, 1.807) is 4.88 Å². The molecule has 1 aromatic rings. The fourth-order valence-corrected chi connectivity index (χ4v) is 4.07. The van der Waals surface area contributed by atoms with Gasteiger partial charge in [0, 0.05) is 34.9 Å². The Morgan fingerprint density at radius 3 is 2.74 bits per heavy atom. The number of thiophene rings is 1. The fourth-order valence-electron chi connectivity index (χ4n) is 3.09. The van der Waals surface area contributed by atoms with Crippen molar-refractivity contribution in [2.75, 3.05) is 13.1 Å². The molecule has 0 aromatic carbocycles. The van der Waals surface area contributed by atoms with E-state index in [9.17, 15) is 0 Å². The highest BCUT2D eigenvalue weighted by atomic mass is 32.1. The number of nitrogens with one attached hydrogen (secondary N) is 1. The second kappa shape index (κ2) is 5.94. The Hall–Kier alpha value is -0.380. The van der Waals surface area contributed by atoms with E-state index < -0.39 is 0 Å². The van der Waals surface area contributed by atoms with Gasteiger partial charge in [0.25, 0.3) is 0 Å². The van der Waals surface area contributed by atoms with Crippen LogP contribution < -0.4 is 5.32 Å². The first-order valence-electron chi connectivity index (χ1n) is 7.81. The van der Waals surface area contributed by atoms with E-state index >= 15 is 0 Å². The van der Waals surface area contributed by atoms with E-state index in [1.807, 2.05) is 11.3 Å². The van der Waals surface area contributed by atoms with Gasteiger partial charge in [-0.25, -0.2) is 0 Å². The van der Waals surface area contributed by atoms with Crippen molar-refractivity contribution >= 4 is 11.3 Å². The predicted octanol–water partition coefficient (Wildman–Crippen LogP) is 3.27. The molecule has 1 aromatic heterocycles. The quantitative estimate of drug-likeness (QED) is 0.909. The Labute approximate surface area is 121 Å². The Morgan fingerprint density at radius 2 is 2.05 bits per heavy atom. The second-order valence-electron chi connectivity index (χ2n) is 6.19. The molecule has 1 aliphatic heterocycles. The van der Waals surface area contributed by atoms with Gasteiger partial charge >= 0.3 is 0 Å². The highest BCUT2D eigenvalue weighted by Gasteiger charge is 2.34. The van der Waals surface area contributed by atoms with Crippen LogP contribution in [0.25, 0.3) is 0 Å². The van der Waals surface area contributed by atoms with Crippen molar-refractivity contribution in [1.82, 2.24) is 10.2 Å². The summed E-state index contributed by atoms with van der Waals surface area (Å²) in [7, 11) is 0. The maximum Gasteiger partial charge on any atom is 0.0331 e. The van der Waals surface area contributed by atoms with Crippen molar-refractivity contribution in [3.63, 3.8) is 0 Å². The molecule has 2 unspecified atom stereocenters. The molecule has 1 saturated carbocycles. The van der Waals surface area contributed by atoms with E-state index in [-0.39, 0.29) is 0 Å². The summed E-state index contributed by atoms with van der Waals surface area (Å²) in [5, 5.41) is 3.77. The molecule has 19 heavy (non-hydrogen) atoms. The molecule has 0 spiro atoms. The van der Waals surface area contributed by atoms with Crippen LogP contribution >= 0.6 is 11.3 Å². The summed E-state index contributed by atoms with van der Waals surface area (Å²) in [5.41, 5.74) is 0. The van der Waals surface area contributed by atoms with Crippen molar-refractivity contribution in [2.24, 2.45) is 5.92 Å². The molecule has 1 saturated heterocycles. The van der Waals surface area contributed by atoms with Gasteiger partial charge in [0.1, 0.15) is 0 Å². The topological polar surface area (TPSA) is 15.3 Å². The monoisotopic (exact) mass is 278 g/mol. The largest absolute Gasteiger partial charge is 0.312 e. The summed E-state index contributed by atoms with van der Waals surface area (Å²) in [4.78, 5) is 5.77. The molecule has 2 atom stereocenters. The van der Waals surface area contributed by atoms with Crippen LogP contribution in [0, 0.1) is 5.92 Å². The fraction of sp³-hybridized carbons (Fsp3) is 0.750. The first-order valence-corrected chi connectivity index (χ1v) is 8.63. The zero-order valence-corrected chi connectivity index (χ0v) is 13.0. The normalized spacial score (nSPS) is 29.4. The Kier molecular flexibility index (Phi) is 4.25. The van der Waals surface area contributed by atoms with Crippen molar-refractivity contribution in [1.29, 1.82) is 0 Å². The Morgan fingerprint density at radius 1 is 1.26 bits per heavy atom. The standard InChI is InChI=1S/C16H26N2S/c1-3-14-6-7-15(19-14)10-18-11-16(13-4-5-13)17-9-8-12(18)2/h6-7,12-13,16-17H,3-5,8-11H2,1-2H3. The molecule has 3 rings (SSSR count). The third-order valence-electron chi connectivity index (χ3n) is 4.64. The maximum atomic E-state index is 3.77. The van der Waals surface area contributed by atoms with Gasteiger partial charge < -0.3 is 5.32 Å². The molecule has 0 bridgehead atoms. The van der Waals surface area contributed by atoms with E-state index in [4.69, 9.17) is 0 Å². The summed E-state index contributed by atoms with van der Waals surface area (Å²) in [6.07, 6.45) is 5.35. The maximum absolute atomic E-state index is 3.77. The van der Waals surface area contributed by atoms with E-state index in [0.717, 1.165) is 18.5 Å². The lowest BCUT2D eigenvalue weighted by Crippen LogP contribution is -2.40. The summed E-state index contributed by atoms with van der Waals surface area (Å²) < 4.78 is 0. The van der Waals surface area contributed by atoms with Gasteiger partial charge in [0.05, 0.1) is 0 Å². The van der Waals surface area contributed by atoms with Crippen LogP contribution in [0.2, 0.25) is 0 Å². The third-order valence-corrected chi connectivity index (χ3v) is 5.85. The predicted molar refractivity (Wildman–Crippen MR) is 82.7 cm³/mol. The van der Waals surface area contributed by atoms with E-state index in [1.165, 1.54) is 43.6 Å². The van der Waals surface area contributed by atoms with Crippen molar-refractivity contribution in [3.8, 4) is 0 Å². The number of hydrogen-bond donors (Lipinski definition) is 1. The molecule has 2 heterocycles. The van der Waals surface area contributed by atoms with Gasteiger partial charge in [-0.2, -0.15) is 0 Å². The van der Waals surface area contributed by atoms with Gasteiger partial charge in [-0.15, -0.1) is 11.3 Å². The van der Waals surface area contributed by atoms with Crippen LogP contribution in [0.5, 0.6) is 0 Å². The van der Waals surface area contributed by atoms with Crippen LogP contribution in [0.4, 0.5) is 0 Å². The van der Waals surface area contributed by atoms with Crippen LogP contribution in [0.15, 0.2) is 12.1 Å². The van der Waals surface area contributed by atoms with Gasteiger partial charge in [-0.1, -0.05) is 6.92 Å². The summed E-state index contributed by atoms with van der Waals surface area (Å²) in [6.45, 7) is 8.23. The van der Waals surface area contributed by atoms with Gasteiger partial charge in [0.2, 0.25) is 0 Å². The zero-order valence-electron chi connectivity index (χ0n) is 12.2. The minimum atomic E-state index is 0.712. The van der Waals surface area contributed by atoms with Crippen molar-refractivity contribution in [2.45, 2.75) is 58.2 Å². The first-order chi connectivity index (χ1) is 9.26. The number of rotatable bonds is 4. The van der Waals surface area contributed by atoms with E-state index in [2.05, 4.69) is 36.2 Å². The molecule has 3 heteroatoms. The van der Waals surface area contributed by atoms with Crippen molar-refractivity contribution < 1.29 is 0 Å². The summed E-state index contributed by atoms with van der Waals surface area (Å²) in [5.74, 6) is 0.960. The second-order valence-corrected chi connectivity index (χ2v) is 7.44. The lowest BCUT2D eigenvalue weighted by molar-refractivity contribution is 0.192. The minimum absolute atomic E-state index is 0.712. The molecular formula is C16H26N2S. The lowest BCUT2D eigenvalue weighted by atomic mass is 10.1. The van der Waals surface area contributed by atoms with Gasteiger partial charge in [-0.05, 0) is 57.2 Å². The molecule has 1 aliphatic carbocycles. The van der Waals surface area contributed by atoms with Crippen LogP contribution in [-0.4, -0.2) is 30.1 Å². The number of aryl methyl sites for hydroxylation is 1. The molecule has 106 valence electrons. The van der Waals surface area contributed by atoms with Crippen LogP contribution in [-0.2, 0) is 13.0 Å². The number of nitrogens with zero attached hydrogens (tertiary/aromatic N) is 1. The Balaban J connectivity index is 1.65. The molecule has 2 fully saturated rings. The molecule has 2 nitrogen and oxygen atoms in total. The van der Waals surface area contributed by atoms with Crippen molar-refractivity contribution in [3.05, 3.63) is 21.9 Å². The van der Waals surface area contributed by atoms with Gasteiger partial charge in [-0.3, -0.25) is 4.90 Å². The highest BCUT2D eigenvalue weighted by Crippen LogP contribution is 2.34. The smallest absolute Gasteiger partial charge is 0.0331 e.